The van der Waals surface area contributed by atoms with Gasteiger partial charge in [-0.25, -0.2) is 9.59 Å². The Morgan fingerprint density at radius 1 is 0.714 bits per heavy atom. The number of rotatable bonds is 8. The largest absolute Gasteiger partial charge is 0.453 e. The van der Waals surface area contributed by atoms with E-state index in [2.05, 4.69) is 0 Å². The van der Waals surface area contributed by atoms with Crippen molar-refractivity contribution in [3.8, 4) is 0 Å². The summed E-state index contributed by atoms with van der Waals surface area (Å²) in [4.78, 5) is 24.5. The smallest absolute Gasteiger partial charge is 0.333 e. The molecule has 2 saturated heterocycles. The first-order valence-electron chi connectivity index (χ1n) is 11.1. The van der Waals surface area contributed by atoms with Gasteiger partial charge in [0.25, 0.3) is 0 Å². The Hall–Kier alpha value is -1.94. The summed E-state index contributed by atoms with van der Waals surface area (Å²) >= 11 is 0. The molecule has 0 spiro atoms. The summed E-state index contributed by atoms with van der Waals surface area (Å²) < 4.78 is 26.9. The Bertz CT molecular complexity index is 796. The Morgan fingerprint density at radius 2 is 1.17 bits per heavy atom. The van der Waals surface area contributed by atoms with Crippen LogP contribution in [-0.2, 0) is 33.3 Å². The van der Waals surface area contributed by atoms with E-state index in [1.54, 1.807) is 13.8 Å². The number of esters is 2. The maximum absolute atomic E-state index is 12.3. The van der Waals surface area contributed by atoms with Gasteiger partial charge in [-0.15, -0.1) is 0 Å². The van der Waals surface area contributed by atoms with Crippen molar-refractivity contribution in [2.24, 2.45) is 0 Å². The average molecular weight is 507 g/mol. The topological polar surface area (TPSA) is 202 Å². The molecule has 0 aromatic heterocycles. The molecule has 13 nitrogen and oxygen atoms in total. The lowest BCUT2D eigenvalue weighted by Gasteiger charge is -2.45. The van der Waals surface area contributed by atoms with Crippen molar-refractivity contribution in [1.29, 1.82) is 0 Å². The lowest BCUT2D eigenvalue weighted by molar-refractivity contribution is -0.376. The third-order valence-electron chi connectivity index (χ3n) is 5.91. The molecule has 0 bridgehead atoms. The highest BCUT2D eigenvalue weighted by Gasteiger charge is 2.52. The zero-order valence-corrected chi connectivity index (χ0v) is 19.9. The van der Waals surface area contributed by atoms with E-state index in [9.17, 15) is 40.2 Å². The molecule has 0 saturated carbocycles. The second-order valence-corrected chi connectivity index (χ2v) is 8.23. The van der Waals surface area contributed by atoms with Crippen molar-refractivity contribution in [3.63, 3.8) is 0 Å². The predicted molar refractivity (Wildman–Crippen MR) is 115 cm³/mol. The minimum atomic E-state index is -1.81. The first-order chi connectivity index (χ1) is 16.5. The molecule has 6 N–H and O–H groups in total. The maximum Gasteiger partial charge on any atom is 0.333 e. The van der Waals surface area contributed by atoms with Gasteiger partial charge >= 0.3 is 11.9 Å². The van der Waals surface area contributed by atoms with Crippen LogP contribution < -0.4 is 0 Å². The standard InChI is InChI=1S/C22H34O13/c1-5-9(3)19(29)33-17-14(26)12(8-24)31-21(16(17)28)35-22-18(34-20(30)10(4)6-2)15(27)13(25)11(7-23)32-22/h5-6,11-18,21-28H,7-8H2,1-4H3. The van der Waals surface area contributed by atoms with Crippen LogP contribution in [0.15, 0.2) is 23.3 Å². The summed E-state index contributed by atoms with van der Waals surface area (Å²) in [5.74, 6) is -1.69. The summed E-state index contributed by atoms with van der Waals surface area (Å²) in [5, 5.41) is 61.1. The van der Waals surface area contributed by atoms with Crippen LogP contribution in [0.3, 0.4) is 0 Å². The first-order valence-corrected chi connectivity index (χ1v) is 11.1. The van der Waals surface area contributed by atoms with Crippen molar-refractivity contribution in [1.82, 2.24) is 0 Å². The summed E-state index contributed by atoms with van der Waals surface area (Å²) in [6.07, 6.45) is -13.2. The molecule has 10 unspecified atom stereocenters. The molecule has 10 atom stereocenters. The van der Waals surface area contributed by atoms with Gasteiger partial charge < -0.3 is 54.3 Å². The second-order valence-electron chi connectivity index (χ2n) is 8.23. The fraction of sp³-hybridized carbons (Fsp3) is 0.727. The van der Waals surface area contributed by atoms with E-state index >= 15 is 0 Å². The Balaban J connectivity index is 2.31. The molecule has 13 heteroatoms. The predicted octanol–water partition coefficient (Wildman–Crippen LogP) is -2.36. The molecule has 200 valence electrons. The van der Waals surface area contributed by atoms with Crippen LogP contribution in [0.4, 0.5) is 0 Å². The lowest BCUT2D eigenvalue weighted by atomic mass is 9.97. The minimum Gasteiger partial charge on any atom is -0.453 e. The van der Waals surface area contributed by atoms with Gasteiger partial charge in [0.1, 0.15) is 36.6 Å². The van der Waals surface area contributed by atoms with E-state index in [1.807, 2.05) is 0 Å². The molecule has 0 amide bonds. The summed E-state index contributed by atoms with van der Waals surface area (Å²) in [5.41, 5.74) is 0.372. The van der Waals surface area contributed by atoms with Crippen LogP contribution >= 0.6 is 0 Å². The molecule has 0 radical (unpaired) electrons. The fourth-order valence-electron chi connectivity index (χ4n) is 3.40. The Kier molecular flexibility index (Phi) is 10.8. The number of ether oxygens (including phenoxy) is 5. The molecule has 2 heterocycles. The van der Waals surface area contributed by atoms with E-state index in [4.69, 9.17) is 23.7 Å². The highest BCUT2D eigenvalue weighted by molar-refractivity contribution is 5.88. The SMILES string of the molecule is CC=C(C)C(=O)OC1C(OC2OC(CO)C(O)C(OC(=O)C(C)=CC)C2O)OC(CO)C(O)C1O. The second kappa shape index (κ2) is 12.9. The summed E-state index contributed by atoms with van der Waals surface area (Å²) in [6, 6.07) is 0. The molecule has 0 aromatic carbocycles. The van der Waals surface area contributed by atoms with E-state index in [0.29, 0.717) is 0 Å². The van der Waals surface area contributed by atoms with Crippen LogP contribution in [0.25, 0.3) is 0 Å². The van der Waals surface area contributed by atoms with Crippen molar-refractivity contribution in [3.05, 3.63) is 23.3 Å². The lowest BCUT2D eigenvalue weighted by Crippen LogP contribution is -2.65. The molecule has 2 rings (SSSR count). The third kappa shape index (κ3) is 6.64. The van der Waals surface area contributed by atoms with Crippen molar-refractivity contribution in [2.75, 3.05) is 13.2 Å². The van der Waals surface area contributed by atoms with E-state index in [1.165, 1.54) is 26.0 Å². The molecular formula is C22H34O13. The van der Waals surface area contributed by atoms with Crippen LogP contribution in [0.5, 0.6) is 0 Å². The Morgan fingerprint density at radius 3 is 1.66 bits per heavy atom. The van der Waals surface area contributed by atoms with Gasteiger partial charge in [-0.05, 0) is 27.7 Å². The number of carbonyl (C=O) groups excluding carboxylic acids is 2. The molecule has 2 fully saturated rings. The van der Waals surface area contributed by atoms with Gasteiger partial charge in [0.15, 0.2) is 18.5 Å². The van der Waals surface area contributed by atoms with E-state index < -0.39 is 86.6 Å². The molecular weight excluding hydrogens is 472 g/mol. The van der Waals surface area contributed by atoms with Gasteiger partial charge in [0.05, 0.1) is 13.2 Å². The Labute approximate surface area is 202 Å². The highest BCUT2D eigenvalue weighted by Crippen LogP contribution is 2.31. The molecule has 0 aliphatic carbocycles. The number of aliphatic hydroxyl groups is 6. The van der Waals surface area contributed by atoms with Crippen molar-refractivity contribution in [2.45, 2.75) is 89.1 Å². The van der Waals surface area contributed by atoms with Crippen LogP contribution in [0.2, 0.25) is 0 Å². The number of hydrogen-bond donors (Lipinski definition) is 6. The number of aliphatic hydroxyl groups excluding tert-OH is 6. The molecule has 2 aliphatic heterocycles. The van der Waals surface area contributed by atoms with Crippen LogP contribution in [-0.4, -0.2) is 117 Å². The van der Waals surface area contributed by atoms with Crippen LogP contribution in [0, 0.1) is 0 Å². The minimum absolute atomic E-state index is 0.179. The van der Waals surface area contributed by atoms with E-state index in [-0.39, 0.29) is 11.1 Å². The molecule has 2 aliphatic rings. The quantitative estimate of drug-likeness (QED) is 0.151. The third-order valence-corrected chi connectivity index (χ3v) is 5.91. The van der Waals surface area contributed by atoms with Gasteiger partial charge in [-0.1, -0.05) is 12.2 Å². The maximum atomic E-state index is 12.3. The van der Waals surface area contributed by atoms with Gasteiger partial charge in [0.2, 0.25) is 6.29 Å². The fourth-order valence-corrected chi connectivity index (χ4v) is 3.40. The van der Waals surface area contributed by atoms with Gasteiger partial charge in [-0.3, -0.25) is 0 Å². The zero-order valence-electron chi connectivity index (χ0n) is 19.9. The van der Waals surface area contributed by atoms with Gasteiger partial charge in [-0.2, -0.15) is 0 Å². The zero-order chi connectivity index (χ0) is 26.4. The normalized spacial score (nSPS) is 38.7. The number of hydrogen-bond acceptors (Lipinski definition) is 13. The van der Waals surface area contributed by atoms with Crippen LogP contribution in [0.1, 0.15) is 27.7 Å². The summed E-state index contributed by atoms with van der Waals surface area (Å²) in [6.45, 7) is 4.61. The summed E-state index contributed by atoms with van der Waals surface area (Å²) in [7, 11) is 0. The van der Waals surface area contributed by atoms with Gasteiger partial charge in [0, 0.05) is 11.1 Å². The molecule has 35 heavy (non-hydrogen) atoms. The average Bonchev–Trinajstić information content (AvgIpc) is 2.85. The van der Waals surface area contributed by atoms with E-state index in [0.717, 1.165) is 0 Å². The first kappa shape index (κ1) is 29.3. The van der Waals surface area contributed by atoms with Crippen molar-refractivity contribution < 1.29 is 63.9 Å². The number of carbonyl (C=O) groups is 2. The highest BCUT2D eigenvalue weighted by atomic mass is 16.8. The van der Waals surface area contributed by atoms with Crippen molar-refractivity contribution >= 4 is 11.9 Å². The monoisotopic (exact) mass is 506 g/mol. The molecule has 0 aromatic rings. The number of allylic oxidation sites excluding steroid dienone is 2.